The molecule has 11 nitrogen and oxygen atoms in total. The molecule has 1 fully saturated rings. The minimum absolute atomic E-state index is 0.0297. The number of carbonyl (C=O) groups excluding carboxylic acids is 3. The van der Waals surface area contributed by atoms with Gasteiger partial charge in [0, 0.05) is 24.6 Å². The fraction of sp³-hybridized carbons (Fsp3) is 0.577. The van der Waals surface area contributed by atoms with E-state index < -0.39 is 47.2 Å². The lowest BCUT2D eigenvalue weighted by Gasteiger charge is -2.61. The number of likely N-dealkylation sites (N-methyl/N-ethyl adjacent to an activating group) is 1. The molecule has 5 rings (SSSR count). The second-order valence-electron chi connectivity index (χ2n) is 10.4. The van der Waals surface area contributed by atoms with Gasteiger partial charge in [0.05, 0.1) is 17.4 Å². The molecule has 1 aromatic carbocycles. The van der Waals surface area contributed by atoms with Crippen LogP contribution in [-0.2, 0) is 35.7 Å². The van der Waals surface area contributed by atoms with Crippen molar-refractivity contribution in [3.05, 3.63) is 35.1 Å². The number of ether oxygens (including phenoxy) is 3. The largest absolute Gasteiger partial charge is 0.504 e. The molecule has 2 unspecified atom stereocenters. The van der Waals surface area contributed by atoms with Crippen LogP contribution in [0.5, 0.6) is 11.5 Å². The van der Waals surface area contributed by atoms with E-state index in [2.05, 4.69) is 10.2 Å². The van der Waals surface area contributed by atoms with Crippen LogP contribution in [0, 0.1) is 0 Å². The number of phenols is 1. The van der Waals surface area contributed by atoms with Crippen molar-refractivity contribution in [2.45, 2.75) is 74.9 Å². The highest BCUT2D eigenvalue weighted by Crippen LogP contribution is 2.65. The number of rotatable bonds is 7. The summed E-state index contributed by atoms with van der Waals surface area (Å²) in [6, 6.07) is 3.28. The Hall–Kier alpha value is -3.15. The zero-order valence-corrected chi connectivity index (χ0v) is 21.0. The Morgan fingerprint density at radius 3 is 2.78 bits per heavy atom. The Kier molecular flexibility index (Phi) is 6.20. The molecule has 1 amide bonds. The molecule has 0 radical (unpaired) electrons. The smallest absolute Gasteiger partial charge is 0.352 e. The SMILES string of the molecule is C[C@H](O)C(=O)NCCC(=O)O[C@@H](C)C(=O)OC1=CC[C@@]2(O)[C@H]3Cc4ccc(O)c5c4C2(CCN3C)C1O5. The summed E-state index contributed by atoms with van der Waals surface area (Å²) in [4.78, 5) is 38.6. The maximum atomic E-state index is 12.9. The van der Waals surface area contributed by atoms with Gasteiger partial charge in [-0.25, -0.2) is 4.79 Å². The summed E-state index contributed by atoms with van der Waals surface area (Å²) in [5, 5.41) is 34.3. The zero-order chi connectivity index (χ0) is 26.7. The quantitative estimate of drug-likeness (QED) is 0.365. The molecule has 2 bridgehead atoms. The zero-order valence-electron chi connectivity index (χ0n) is 21.0. The Morgan fingerprint density at radius 2 is 2.05 bits per heavy atom. The van der Waals surface area contributed by atoms with Crippen LogP contribution in [0.25, 0.3) is 0 Å². The number of nitrogens with one attached hydrogen (secondary N) is 1. The first-order valence-electron chi connectivity index (χ1n) is 12.5. The third-order valence-electron chi connectivity index (χ3n) is 8.22. The van der Waals surface area contributed by atoms with Gasteiger partial charge in [0.25, 0.3) is 0 Å². The monoisotopic (exact) mass is 516 g/mol. The Labute approximate surface area is 214 Å². The summed E-state index contributed by atoms with van der Waals surface area (Å²) >= 11 is 0. The van der Waals surface area contributed by atoms with Crippen LogP contribution in [0.4, 0.5) is 0 Å². The first-order chi connectivity index (χ1) is 17.5. The molecule has 200 valence electrons. The van der Waals surface area contributed by atoms with Crippen LogP contribution in [-0.4, -0.2) is 88.2 Å². The van der Waals surface area contributed by atoms with Gasteiger partial charge >= 0.3 is 11.9 Å². The summed E-state index contributed by atoms with van der Waals surface area (Å²) < 4.78 is 17.1. The average Bonchev–Trinajstić information content (AvgIpc) is 3.20. The summed E-state index contributed by atoms with van der Waals surface area (Å²) in [5.41, 5.74) is -0.293. The fourth-order valence-electron chi connectivity index (χ4n) is 6.38. The van der Waals surface area contributed by atoms with Gasteiger partial charge in [0.15, 0.2) is 23.7 Å². The third kappa shape index (κ3) is 3.79. The lowest BCUT2D eigenvalue weighted by atomic mass is 9.50. The molecular formula is C26H32N2O9. The topological polar surface area (TPSA) is 155 Å². The first kappa shape index (κ1) is 25.5. The maximum Gasteiger partial charge on any atom is 0.352 e. The number of likely N-dealkylation sites (tertiary alicyclic amines) is 1. The number of aliphatic hydroxyl groups excluding tert-OH is 1. The highest BCUT2D eigenvalue weighted by Gasteiger charge is 2.72. The molecule has 2 aliphatic heterocycles. The average molecular weight is 517 g/mol. The molecule has 1 spiro atoms. The summed E-state index contributed by atoms with van der Waals surface area (Å²) in [5.74, 6) is -1.64. The van der Waals surface area contributed by atoms with Gasteiger partial charge in [-0.05, 0) is 58.0 Å². The van der Waals surface area contributed by atoms with Crippen LogP contribution in [0.15, 0.2) is 24.0 Å². The number of hydrogen-bond acceptors (Lipinski definition) is 10. The Morgan fingerprint density at radius 1 is 1.30 bits per heavy atom. The van der Waals surface area contributed by atoms with Gasteiger partial charge in [-0.1, -0.05) is 6.07 Å². The lowest BCUT2D eigenvalue weighted by Crippen LogP contribution is -2.74. The number of piperidine rings is 1. The minimum Gasteiger partial charge on any atom is -0.504 e. The van der Waals surface area contributed by atoms with Gasteiger partial charge < -0.3 is 39.7 Å². The molecular weight excluding hydrogens is 484 g/mol. The molecule has 2 heterocycles. The molecule has 37 heavy (non-hydrogen) atoms. The molecule has 0 saturated carbocycles. The standard InChI is InChI=1S/C26H32N2O9/c1-13(29)23(32)27-10-7-19(31)35-14(2)24(33)36-17-6-8-26(34)18-12-15-4-5-16(30)21-20(15)25(26,22(17)37-21)9-11-28(18)3/h4-6,13-14,18,22,29-30,34H,7-12H2,1-3H3,(H,27,32)/t13-,14-,18+,22?,25?,26+/m0/s1. The second kappa shape index (κ2) is 9.00. The maximum absolute atomic E-state index is 12.9. The number of phenolic OH excluding ortho intramolecular Hbond substituents is 1. The van der Waals surface area contributed by atoms with E-state index in [4.69, 9.17) is 14.2 Å². The van der Waals surface area contributed by atoms with Gasteiger partial charge in [-0.15, -0.1) is 0 Å². The van der Waals surface area contributed by atoms with Crippen LogP contribution in [0.2, 0.25) is 0 Å². The van der Waals surface area contributed by atoms with Gasteiger partial charge in [-0.3, -0.25) is 9.59 Å². The Bertz CT molecular complexity index is 1180. The van der Waals surface area contributed by atoms with E-state index in [1.165, 1.54) is 13.8 Å². The number of benzene rings is 1. The molecule has 4 N–H and O–H groups in total. The van der Waals surface area contributed by atoms with E-state index in [0.29, 0.717) is 25.1 Å². The number of amides is 1. The van der Waals surface area contributed by atoms with E-state index in [1.807, 2.05) is 13.1 Å². The summed E-state index contributed by atoms with van der Waals surface area (Å²) in [6.45, 7) is 3.33. The van der Waals surface area contributed by atoms with Crippen molar-refractivity contribution in [3.63, 3.8) is 0 Å². The van der Waals surface area contributed by atoms with Crippen molar-refractivity contribution in [2.24, 2.45) is 0 Å². The van der Waals surface area contributed by atoms with Gasteiger partial charge in [0.2, 0.25) is 5.91 Å². The number of aromatic hydroxyl groups is 1. The molecule has 6 atom stereocenters. The van der Waals surface area contributed by atoms with Crippen molar-refractivity contribution in [1.29, 1.82) is 0 Å². The van der Waals surface area contributed by atoms with Crippen molar-refractivity contribution in [1.82, 2.24) is 10.2 Å². The number of aliphatic hydroxyl groups is 2. The van der Waals surface area contributed by atoms with Crippen molar-refractivity contribution in [2.75, 3.05) is 20.1 Å². The molecule has 11 heteroatoms. The van der Waals surface area contributed by atoms with Gasteiger partial charge in [-0.2, -0.15) is 0 Å². The van der Waals surface area contributed by atoms with E-state index in [1.54, 1.807) is 12.1 Å². The summed E-state index contributed by atoms with van der Waals surface area (Å²) in [6.07, 6.45) is -0.402. The predicted molar refractivity (Wildman–Crippen MR) is 128 cm³/mol. The normalized spacial score (nSPS) is 30.8. The van der Waals surface area contributed by atoms with Crippen LogP contribution in [0.3, 0.4) is 0 Å². The minimum atomic E-state index is -1.23. The molecule has 2 aliphatic carbocycles. The third-order valence-corrected chi connectivity index (χ3v) is 8.22. The number of esters is 2. The fourth-order valence-corrected chi connectivity index (χ4v) is 6.38. The van der Waals surface area contributed by atoms with Crippen molar-refractivity contribution >= 4 is 17.8 Å². The van der Waals surface area contributed by atoms with Crippen LogP contribution in [0.1, 0.15) is 44.2 Å². The number of nitrogens with zero attached hydrogens (tertiary/aromatic N) is 1. The van der Waals surface area contributed by atoms with Gasteiger partial charge in [0.1, 0.15) is 11.9 Å². The highest BCUT2D eigenvalue weighted by atomic mass is 16.6. The van der Waals surface area contributed by atoms with Crippen LogP contribution >= 0.6 is 0 Å². The number of hydrogen-bond donors (Lipinski definition) is 4. The first-order valence-corrected chi connectivity index (χ1v) is 12.5. The van der Waals surface area contributed by atoms with Crippen molar-refractivity contribution in [3.8, 4) is 11.5 Å². The summed E-state index contributed by atoms with van der Waals surface area (Å²) in [7, 11) is 1.98. The molecule has 0 aromatic heterocycles. The van der Waals surface area contributed by atoms with E-state index in [9.17, 15) is 29.7 Å². The van der Waals surface area contributed by atoms with Crippen LogP contribution < -0.4 is 10.1 Å². The second-order valence-corrected chi connectivity index (χ2v) is 10.4. The molecule has 1 aromatic rings. The van der Waals surface area contributed by atoms with E-state index >= 15 is 0 Å². The number of carbonyl (C=O) groups is 3. The van der Waals surface area contributed by atoms with E-state index in [0.717, 1.165) is 11.1 Å². The Balaban J connectivity index is 1.33. The lowest BCUT2D eigenvalue weighted by molar-refractivity contribution is -0.175. The molecule has 4 aliphatic rings. The molecule has 1 saturated heterocycles. The highest BCUT2D eigenvalue weighted by molar-refractivity contribution is 5.82. The van der Waals surface area contributed by atoms with Crippen molar-refractivity contribution < 1.29 is 43.9 Å². The van der Waals surface area contributed by atoms with E-state index in [-0.39, 0.29) is 36.9 Å². The predicted octanol–water partition coefficient (Wildman–Crippen LogP) is 0.0319.